The number of carbonyl (C=O) groups is 1. The lowest BCUT2D eigenvalue weighted by Gasteiger charge is -2.27. The van der Waals surface area contributed by atoms with Gasteiger partial charge in [-0.05, 0) is 39.4 Å². The van der Waals surface area contributed by atoms with Crippen molar-refractivity contribution in [3.05, 3.63) is 29.8 Å². The van der Waals surface area contributed by atoms with Gasteiger partial charge in [-0.3, -0.25) is 9.69 Å². The van der Waals surface area contributed by atoms with Crippen LogP contribution in [0.4, 0.5) is 5.69 Å². The van der Waals surface area contributed by atoms with Crippen LogP contribution in [0.1, 0.15) is 25.8 Å². The number of anilines is 1. The van der Waals surface area contributed by atoms with E-state index in [1.807, 2.05) is 36.2 Å². The Morgan fingerprint density at radius 1 is 1.26 bits per heavy atom. The molecule has 5 heteroatoms. The summed E-state index contributed by atoms with van der Waals surface area (Å²) in [6, 6.07) is 10.3. The Morgan fingerprint density at radius 3 is 2.70 bits per heavy atom. The molecular formula is C18H26N4O. The zero-order valence-corrected chi connectivity index (χ0v) is 14.3. The lowest BCUT2D eigenvalue weighted by atomic mass is 10.1. The van der Waals surface area contributed by atoms with Crippen LogP contribution in [0.3, 0.4) is 0 Å². The molecule has 0 unspecified atom stereocenters. The molecule has 124 valence electrons. The van der Waals surface area contributed by atoms with E-state index in [9.17, 15) is 10.1 Å². The molecule has 0 bridgehead atoms. The molecule has 0 aromatic heterocycles. The van der Waals surface area contributed by atoms with Crippen molar-refractivity contribution in [2.45, 2.75) is 26.3 Å². The van der Waals surface area contributed by atoms with Gasteiger partial charge in [0.1, 0.15) is 6.07 Å². The van der Waals surface area contributed by atoms with E-state index in [1.54, 1.807) is 0 Å². The molecule has 1 aromatic carbocycles. The van der Waals surface area contributed by atoms with E-state index in [-0.39, 0.29) is 5.91 Å². The monoisotopic (exact) mass is 314 g/mol. The highest BCUT2D eigenvalue weighted by atomic mass is 16.2. The highest BCUT2D eigenvalue weighted by molar-refractivity contribution is 5.78. The lowest BCUT2D eigenvalue weighted by molar-refractivity contribution is -0.132. The summed E-state index contributed by atoms with van der Waals surface area (Å²) in [7, 11) is 1.98. The average molecular weight is 314 g/mol. The van der Waals surface area contributed by atoms with Crippen LogP contribution in [0.2, 0.25) is 0 Å². The van der Waals surface area contributed by atoms with Crippen molar-refractivity contribution >= 4 is 11.6 Å². The van der Waals surface area contributed by atoms with Crippen molar-refractivity contribution in [1.29, 1.82) is 5.26 Å². The molecule has 0 saturated carbocycles. The molecule has 0 radical (unpaired) electrons. The summed E-state index contributed by atoms with van der Waals surface area (Å²) >= 11 is 0. The van der Waals surface area contributed by atoms with Gasteiger partial charge < -0.3 is 9.80 Å². The van der Waals surface area contributed by atoms with Gasteiger partial charge in [-0.1, -0.05) is 12.1 Å². The fraction of sp³-hybridized carbons (Fsp3) is 0.556. The summed E-state index contributed by atoms with van der Waals surface area (Å²) in [6.45, 7) is 7.80. The summed E-state index contributed by atoms with van der Waals surface area (Å²) in [4.78, 5) is 18.7. The van der Waals surface area contributed by atoms with E-state index in [0.29, 0.717) is 24.7 Å². The Balaban J connectivity index is 2.00. The van der Waals surface area contributed by atoms with Gasteiger partial charge in [-0.2, -0.15) is 5.26 Å². The third kappa shape index (κ3) is 4.46. The fourth-order valence-electron chi connectivity index (χ4n) is 2.75. The minimum Gasteiger partial charge on any atom is -0.369 e. The average Bonchev–Trinajstić information content (AvgIpc) is 2.80. The first-order chi connectivity index (χ1) is 11.0. The maximum absolute atomic E-state index is 12.4. The normalized spacial score (nSPS) is 15.7. The van der Waals surface area contributed by atoms with Crippen molar-refractivity contribution in [3.63, 3.8) is 0 Å². The van der Waals surface area contributed by atoms with Crippen molar-refractivity contribution in [2.75, 3.05) is 44.7 Å². The first-order valence-corrected chi connectivity index (χ1v) is 8.25. The number of para-hydroxylation sites is 1. The van der Waals surface area contributed by atoms with E-state index in [1.165, 1.54) is 0 Å². The van der Waals surface area contributed by atoms with Gasteiger partial charge in [0.05, 0.1) is 17.8 Å². The van der Waals surface area contributed by atoms with Gasteiger partial charge in [0, 0.05) is 32.2 Å². The number of nitriles is 1. The van der Waals surface area contributed by atoms with Crippen LogP contribution in [0.15, 0.2) is 24.3 Å². The van der Waals surface area contributed by atoms with Crippen LogP contribution in [0.5, 0.6) is 0 Å². The van der Waals surface area contributed by atoms with E-state index >= 15 is 0 Å². The number of hydrogen-bond donors (Lipinski definition) is 0. The Labute approximate surface area is 139 Å². The highest BCUT2D eigenvalue weighted by Gasteiger charge is 2.21. The third-order valence-corrected chi connectivity index (χ3v) is 4.48. The zero-order valence-electron chi connectivity index (χ0n) is 14.3. The third-order valence-electron chi connectivity index (χ3n) is 4.48. The van der Waals surface area contributed by atoms with Crippen LogP contribution in [-0.2, 0) is 4.79 Å². The van der Waals surface area contributed by atoms with E-state index in [2.05, 4.69) is 29.7 Å². The number of hydrogen-bond acceptors (Lipinski definition) is 4. The molecule has 1 aromatic rings. The standard InChI is InChI=1S/C18H26N4O/c1-15(2)20(3)14-18(23)22-10-6-9-21(11-12-22)17-8-5-4-7-16(17)13-19/h4-5,7-8,15H,6,9-12,14H2,1-3H3. The van der Waals surface area contributed by atoms with Crippen molar-refractivity contribution in [3.8, 4) is 6.07 Å². The minimum absolute atomic E-state index is 0.191. The van der Waals surface area contributed by atoms with Crippen LogP contribution in [0, 0.1) is 11.3 Å². The Morgan fingerprint density at radius 2 is 2.00 bits per heavy atom. The number of nitrogens with zero attached hydrogens (tertiary/aromatic N) is 4. The largest absolute Gasteiger partial charge is 0.369 e. The van der Waals surface area contributed by atoms with Gasteiger partial charge in [-0.15, -0.1) is 0 Å². The number of likely N-dealkylation sites (N-methyl/N-ethyl adjacent to an activating group) is 1. The molecule has 5 nitrogen and oxygen atoms in total. The Kier molecular flexibility index (Phi) is 6.00. The molecule has 0 aliphatic carbocycles. The van der Waals surface area contributed by atoms with E-state index in [0.717, 1.165) is 31.7 Å². The molecule has 1 saturated heterocycles. The Bertz CT molecular complexity index is 579. The van der Waals surface area contributed by atoms with Gasteiger partial charge in [0.25, 0.3) is 0 Å². The number of carbonyl (C=O) groups excluding carboxylic acids is 1. The van der Waals surface area contributed by atoms with Gasteiger partial charge >= 0.3 is 0 Å². The quantitative estimate of drug-likeness (QED) is 0.852. The highest BCUT2D eigenvalue weighted by Crippen LogP contribution is 2.21. The Hall–Kier alpha value is -2.06. The zero-order chi connectivity index (χ0) is 16.8. The van der Waals surface area contributed by atoms with Crippen molar-refractivity contribution in [2.24, 2.45) is 0 Å². The van der Waals surface area contributed by atoms with Crippen LogP contribution < -0.4 is 4.90 Å². The van der Waals surface area contributed by atoms with Gasteiger partial charge in [-0.25, -0.2) is 0 Å². The summed E-state index contributed by atoms with van der Waals surface area (Å²) in [6.07, 6.45) is 0.927. The maximum atomic E-state index is 12.4. The van der Waals surface area contributed by atoms with Crippen LogP contribution in [0.25, 0.3) is 0 Å². The summed E-state index contributed by atoms with van der Waals surface area (Å²) in [5, 5.41) is 9.26. The van der Waals surface area contributed by atoms with Crippen molar-refractivity contribution in [1.82, 2.24) is 9.80 Å². The fourth-order valence-corrected chi connectivity index (χ4v) is 2.75. The first kappa shape index (κ1) is 17.3. The number of benzene rings is 1. The van der Waals surface area contributed by atoms with Gasteiger partial charge in [0.2, 0.25) is 5.91 Å². The molecule has 0 atom stereocenters. The molecule has 23 heavy (non-hydrogen) atoms. The molecule has 0 N–H and O–H groups in total. The number of amides is 1. The van der Waals surface area contributed by atoms with Gasteiger partial charge in [0.15, 0.2) is 0 Å². The summed E-state index contributed by atoms with van der Waals surface area (Å²) < 4.78 is 0. The predicted molar refractivity (Wildman–Crippen MR) is 92.3 cm³/mol. The molecule has 1 aliphatic rings. The molecule has 1 heterocycles. The number of rotatable bonds is 4. The molecule has 1 amide bonds. The van der Waals surface area contributed by atoms with E-state index < -0.39 is 0 Å². The van der Waals surface area contributed by atoms with Crippen LogP contribution in [-0.4, -0.2) is 61.5 Å². The van der Waals surface area contributed by atoms with Crippen LogP contribution >= 0.6 is 0 Å². The summed E-state index contributed by atoms with van der Waals surface area (Å²) in [5.41, 5.74) is 1.68. The topological polar surface area (TPSA) is 50.6 Å². The van der Waals surface area contributed by atoms with Crippen molar-refractivity contribution < 1.29 is 4.79 Å². The lowest BCUT2D eigenvalue weighted by Crippen LogP contribution is -2.42. The molecule has 2 rings (SSSR count). The smallest absolute Gasteiger partial charge is 0.236 e. The first-order valence-electron chi connectivity index (χ1n) is 8.25. The molecule has 1 aliphatic heterocycles. The second kappa shape index (κ2) is 7.98. The minimum atomic E-state index is 0.191. The molecular weight excluding hydrogens is 288 g/mol. The second-order valence-electron chi connectivity index (χ2n) is 6.36. The SMILES string of the molecule is CC(C)N(C)CC(=O)N1CCCN(c2ccccc2C#N)CC1. The summed E-state index contributed by atoms with van der Waals surface area (Å²) in [5.74, 6) is 0.191. The molecule has 1 fully saturated rings. The second-order valence-corrected chi connectivity index (χ2v) is 6.36. The molecule has 0 spiro atoms. The maximum Gasteiger partial charge on any atom is 0.236 e. The van der Waals surface area contributed by atoms with E-state index in [4.69, 9.17) is 0 Å². The predicted octanol–water partition coefficient (Wildman–Crippen LogP) is 1.94.